The summed E-state index contributed by atoms with van der Waals surface area (Å²) in [6.07, 6.45) is 2.76. The molecular formula is C22H27ClN2O3S. The summed E-state index contributed by atoms with van der Waals surface area (Å²) in [5.74, 6) is 0.167. The van der Waals surface area contributed by atoms with Crippen LogP contribution in [-0.2, 0) is 17.6 Å². The first kappa shape index (κ1) is 21.7. The van der Waals surface area contributed by atoms with E-state index in [0.717, 1.165) is 24.8 Å². The molecule has 1 aliphatic carbocycles. The van der Waals surface area contributed by atoms with Gasteiger partial charge in [0.1, 0.15) is 5.00 Å². The van der Waals surface area contributed by atoms with Gasteiger partial charge in [0.15, 0.2) is 0 Å². The van der Waals surface area contributed by atoms with Gasteiger partial charge in [0.05, 0.1) is 12.2 Å². The number of carbonyl (C=O) groups is 2. The van der Waals surface area contributed by atoms with Gasteiger partial charge in [0.25, 0.3) is 0 Å². The summed E-state index contributed by atoms with van der Waals surface area (Å²) in [4.78, 5) is 26.4. The molecule has 1 unspecified atom stereocenters. The molecule has 0 aliphatic heterocycles. The van der Waals surface area contributed by atoms with Crippen molar-refractivity contribution in [2.45, 2.75) is 47.0 Å². The second kappa shape index (κ2) is 8.76. The predicted octanol–water partition coefficient (Wildman–Crippen LogP) is 6.37. The fraction of sp³-hybridized carbons (Fsp3) is 0.455. The van der Waals surface area contributed by atoms with Crippen molar-refractivity contribution in [1.29, 1.82) is 0 Å². The van der Waals surface area contributed by atoms with Gasteiger partial charge in [-0.15, -0.1) is 11.3 Å². The molecule has 0 spiro atoms. The zero-order chi connectivity index (χ0) is 21.2. The average molecular weight is 435 g/mol. The lowest BCUT2D eigenvalue weighted by Crippen LogP contribution is -2.26. The monoisotopic (exact) mass is 434 g/mol. The van der Waals surface area contributed by atoms with Gasteiger partial charge in [0, 0.05) is 15.6 Å². The molecule has 1 atom stereocenters. The lowest BCUT2D eigenvalue weighted by Gasteiger charge is -2.33. The fourth-order valence-electron chi connectivity index (χ4n) is 3.63. The molecule has 2 amide bonds. The SMILES string of the molecule is CCOC(=O)c1c(NC(=O)Nc2ccc(Cl)cc2)sc2c1CCC(C(C)(C)C)C2. The highest BCUT2D eigenvalue weighted by Crippen LogP contribution is 2.44. The number of amides is 2. The molecule has 0 fully saturated rings. The van der Waals surface area contributed by atoms with E-state index in [9.17, 15) is 9.59 Å². The molecular weight excluding hydrogens is 408 g/mol. The van der Waals surface area contributed by atoms with Crippen LogP contribution in [0, 0.1) is 11.3 Å². The number of hydrogen-bond donors (Lipinski definition) is 2. The van der Waals surface area contributed by atoms with Crippen molar-refractivity contribution < 1.29 is 14.3 Å². The summed E-state index contributed by atoms with van der Waals surface area (Å²) in [5.41, 5.74) is 2.35. The van der Waals surface area contributed by atoms with Crippen molar-refractivity contribution in [2.24, 2.45) is 11.3 Å². The van der Waals surface area contributed by atoms with Crippen molar-refractivity contribution >= 4 is 45.6 Å². The molecule has 29 heavy (non-hydrogen) atoms. The van der Waals surface area contributed by atoms with Gasteiger partial charge in [-0.1, -0.05) is 32.4 Å². The van der Waals surface area contributed by atoms with Gasteiger partial charge in [-0.05, 0) is 67.3 Å². The highest BCUT2D eigenvalue weighted by Gasteiger charge is 2.34. The average Bonchev–Trinajstić information content (AvgIpc) is 3.00. The summed E-state index contributed by atoms with van der Waals surface area (Å²) in [6.45, 7) is 8.83. The van der Waals surface area contributed by atoms with Crippen LogP contribution < -0.4 is 10.6 Å². The van der Waals surface area contributed by atoms with Crippen LogP contribution in [0.3, 0.4) is 0 Å². The van der Waals surface area contributed by atoms with E-state index in [-0.39, 0.29) is 11.4 Å². The highest BCUT2D eigenvalue weighted by atomic mass is 35.5. The van der Waals surface area contributed by atoms with Crippen molar-refractivity contribution in [3.05, 3.63) is 45.3 Å². The number of benzene rings is 1. The standard InChI is InChI=1S/C22H27ClN2O3S/c1-5-28-20(26)18-16-11-6-13(22(2,3)4)12-17(16)29-19(18)25-21(27)24-15-9-7-14(23)8-10-15/h7-10,13H,5-6,11-12H2,1-4H3,(H2,24,25,27). The van der Waals surface area contributed by atoms with E-state index >= 15 is 0 Å². The van der Waals surface area contributed by atoms with Crippen molar-refractivity contribution in [1.82, 2.24) is 0 Å². The second-order valence-corrected chi connectivity index (χ2v) is 9.86. The second-order valence-electron chi connectivity index (χ2n) is 8.32. The van der Waals surface area contributed by atoms with E-state index in [1.165, 1.54) is 16.2 Å². The molecule has 2 N–H and O–H groups in total. The molecule has 0 bridgehead atoms. The molecule has 1 aromatic heterocycles. The molecule has 1 heterocycles. The minimum Gasteiger partial charge on any atom is -0.462 e. The van der Waals surface area contributed by atoms with Crippen molar-refractivity contribution in [3.8, 4) is 0 Å². The molecule has 1 aromatic carbocycles. The number of thiophene rings is 1. The molecule has 0 saturated carbocycles. The van der Waals surface area contributed by atoms with Gasteiger partial charge in [0.2, 0.25) is 0 Å². The first-order valence-electron chi connectivity index (χ1n) is 9.84. The van der Waals surface area contributed by atoms with Crippen LogP contribution in [0.4, 0.5) is 15.5 Å². The first-order valence-corrected chi connectivity index (χ1v) is 11.0. The van der Waals surface area contributed by atoms with Crippen LogP contribution in [0.25, 0.3) is 0 Å². The molecule has 0 saturated heterocycles. The van der Waals surface area contributed by atoms with E-state index in [1.807, 2.05) is 0 Å². The lowest BCUT2D eigenvalue weighted by molar-refractivity contribution is 0.0526. The van der Waals surface area contributed by atoms with Gasteiger partial charge in [-0.25, -0.2) is 9.59 Å². The smallest absolute Gasteiger partial charge is 0.341 e. The Labute approximate surface area is 180 Å². The lowest BCUT2D eigenvalue weighted by atomic mass is 9.72. The number of urea groups is 1. The molecule has 2 aromatic rings. The fourth-order valence-corrected chi connectivity index (χ4v) is 5.07. The Hall–Kier alpha value is -2.05. The molecule has 5 nitrogen and oxygen atoms in total. The first-order chi connectivity index (χ1) is 13.7. The Morgan fingerprint density at radius 3 is 2.52 bits per heavy atom. The van der Waals surface area contributed by atoms with E-state index in [2.05, 4.69) is 31.4 Å². The molecule has 1 aliphatic rings. The van der Waals surface area contributed by atoms with Crippen LogP contribution in [0.15, 0.2) is 24.3 Å². The molecule has 156 valence electrons. The maximum atomic E-state index is 12.7. The number of rotatable bonds is 4. The summed E-state index contributed by atoms with van der Waals surface area (Å²) in [6, 6.07) is 6.46. The molecule has 0 radical (unpaired) electrons. The van der Waals surface area contributed by atoms with Crippen LogP contribution in [-0.4, -0.2) is 18.6 Å². The normalized spacial score (nSPS) is 16.1. The predicted molar refractivity (Wildman–Crippen MR) is 119 cm³/mol. The summed E-state index contributed by atoms with van der Waals surface area (Å²) >= 11 is 7.37. The number of nitrogens with one attached hydrogen (secondary N) is 2. The number of hydrogen-bond acceptors (Lipinski definition) is 4. The number of anilines is 2. The summed E-state index contributed by atoms with van der Waals surface area (Å²) < 4.78 is 5.28. The third kappa shape index (κ3) is 5.11. The van der Waals surface area contributed by atoms with Gasteiger partial charge in [-0.3, -0.25) is 5.32 Å². The van der Waals surface area contributed by atoms with Crippen molar-refractivity contribution in [2.75, 3.05) is 17.2 Å². The van der Waals surface area contributed by atoms with E-state index in [0.29, 0.717) is 33.8 Å². The van der Waals surface area contributed by atoms with E-state index in [4.69, 9.17) is 16.3 Å². The third-order valence-corrected chi connectivity index (χ3v) is 6.72. The van der Waals surface area contributed by atoms with Crippen LogP contribution in [0.2, 0.25) is 5.02 Å². The Balaban J connectivity index is 1.85. The summed E-state index contributed by atoms with van der Waals surface area (Å²) in [7, 11) is 0. The number of ether oxygens (including phenoxy) is 1. The number of fused-ring (bicyclic) bond motifs is 1. The van der Waals surface area contributed by atoms with Gasteiger partial charge < -0.3 is 10.1 Å². The molecule has 3 rings (SSSR count). The largest absolute Gasteiger partial charge is 0.462 e. The van der Waals surface area contributed by atoms with Gasteiger partial charge in [-0.2, -0.15) is 0 Å². The molecule has 7 heteroatoms. The third-order valence-electron chi connectivity index (χ3n) is 5.30. The zero-order valence-corrected chi connectivity index (χ0v) is 18.8. The number of carbonyl (C=O) groups excluding carboxylic acids is 2. The van der Waals surface area contributed by atoms with Crippen LogP contribution >= 0.6 is 22.9 Å². The summed E-state index contributed by atoms with van der Waals surface area (Å²) in [5, 5.41) is 6.78. The maximum Gasteiger partial charge on any atom is 0.341 e. The van der Waals surface area contributed by atoms with E-state index < -0.39 is 6.03 Å². The Kier molecular flexibility index (Phi) is 6.54. The van der Waals surface area contributed by atoms with Gasteiger partial charge >= 0.3 is 12.0 Å². The Morgan fingerprint density at radius 1 is 1.21 bits per heavy atom. The van der Waals surface area contributed by atoms with Crippen molar-refractivity contribution in [3.63, 3.8) is 0 Å². The topological polar surface area (TPSA) is 67.4 Å². The Morgan fingerprint density at radius 2 is 1.90 bits per heavy atom. The zero-order valence-electron chi connectivity index (χ0n) is 17.2. The van der Waals surface area contributed by atoms with Crippen LogP contribution in [0.1, 0.15) is 54.9 Å². The maximum absolute atomic E-state index is 12.7. The number of esters is 1. The Bertz CT molecular complexity index is 900. The minimum absolute atomic E-state index is 0.200. The minimum atomic E-state index is -0.399. The quantitative estimate of drug-likeness (QED) is 0.549. The number of halogens is 1. The van der Waals surface area contributed by atoms with Crippen LogP contribution in [0.5, 0.6) is 0 Å². The highest BCUT2D eigenvalue weighted by molar-refractivity contribution is 7.17. The van der Waals surface area contributed by atoms with E-state index in [1.54, 1.807) is 31.2 Å².